The minimum absolute atomic E-state index is 0.0884. The molecule has 1 heterocycles. The molecule has 1 aliphatic heterocycles. The number of anilines is 2. The number of carbonyl (C=O) groups is 2. The molecule has 1 N–H and O–H groups in total. The maximum absolute atomic E-state index is 11.8. The van der Waals surface area contributed by atoms with Crippen molar-refractivity contribution in [2.24, 2.45) is 0 Å². The molecular weight excluding hydrogens is 260 g/mol. The van der Waals surface area contributed by atoms with Crippen LogP contribution in [0.25, 0.3) is 0 Å². The van der Waals surface area contributed by atoms with Crippen LogP contribution >= 0.6 is 0 Å². The highest BCUT2D eigenvalue weighted by Gasteiger charge is 2.35. The SMILES string of the molecule is COC(=O)c1cccc2c1N(CC=O)S(=O)(=O)N2. The van der Waals surface area contributed by atoms with Gasteiger partial charge in [-0.15, -0.1) is 0 Å². The Bertz CT molecular complexity index is 611. The van der Waals surface area contributed by atoms with E-state index in [0.717, 1.165) is 4.31 Å². The molecule has 0 aromatic heterocycles. The van der Waals surface area contributed by atoms with Gasteiger partial charge in [-0.1, -0.05) is 6.07 Å². The van der Waals surface area contributed by atoms with E-state index in [0.29, 0.717) is 6.29 Å². The van der Waals surface area contributed by atoms with E-state index < -0.39 is 16.2 Å². The first-order valence-electron chi connectivity index (χ1n) is 4.96. The number of methoxy groups -OCH3 is 1. The van der Waals surface area contributed by atoms with Crippen molar-refractivity contribution >= 4 is 33.8 Å². The first-order chi connectivity index (χ1) is 8.51. The average Bonchev–Trinajstić information content (AvgIpc) is 2.60. The molecule has 96 valence electrons. The zero-order chi connectivity index (χ0) is 13.3. The zero-order valence-electron chi connectivity index (χ0n) is 9.41. The Hall–Kier alpha value is -2.09. The maximum atomic E-state index is 11.8. The molecule has 0 bridgehead atoms. The molecule has 2 rings (SSSR count). The number of hydrogen-bond donors (Lipinski definition) is 1. The fourth-order valence-electron chi connectivity index (χ4n) is 1.74. The van der Waals surface area contributed by atoms with Crippen molar-refractivity contribution in [2.45, 2.75) is 0 Å². The molecule has 1 aromatic carbocycles. The highest BCUT2D eigenvalue weighted by molar-refractivity contribution is 7.94. The van der Waals surface area contributed by atoms with Gasteiger partial charge in [0.15, 0.2) is 0 Å². The molecule has 0 unspecified atom stereocenters. The lowest BCUT2D eigenvalue weighted by molar-refractivity contribution is -0.106. The lowest BCUT2D eigenvalue weighted by atomic mass is 10.1. The molecule has 0 saturated heterocycles. The number of fused-ring (bicyclic) bond motifs is 1. The van der Waals surface area contributed by atoms with Gasteiger partial charge in [-0.25, -0.2) is 9.10 Å². The third-order valence-corrected chi connectivity index (χ3v) is 3.85. The summed E-state index contributed by atoms with van der Waals surface area (Å²) >= 11 is 0. The van der Waals surface area contributed by atoms with E-state index in [9.17, 15) is 18.0 Å². The average molecular weight is 270 g/mol. The second kappa shape index (κ2) is 4.30. The fourth-order valence-corrected chi connectivity index (χ4v) is 2.99. The third kappa shape index (κ3) is 1.80. The van der Waals surface area contributed by atoms with Gasteiger partial charge < -0.3 is 9.53 Å². The lowest BCUT2D eigenvalue weighted by Crippen LogP contribution is -2.32. The minimum atomic E-state index is -3.83. The van der Waals surface area contributed by atoms with Crippen molar-refractivity contribution in [1.29, 1.82) is 0 Å². The molecular formula is C10H10N2O5S. The molecule has 0 saturated carbocycles. The van der Waals surface area contributed by atoms with E-state index in [4.69, 9.17) is 0 Å². The highest BCUT2D eigenvalue weighted by atomic mass is 32.2. The second-order valence-electron chi connectivity index (χ2n) is 3.50. The number of rotatable bonds is 3. The molecule has 0 aliphatic carbocycles. The molecule has 1 aliphatic rings. The van der Waals surface area contributed by atoms with E-state index in [-0.39, 0.29) is 23.5 Å². The van der Waals surface area contributed by atoms with E-state index >= 15 is 0 Å². The first kappa shape index (κ1) is 12.4. The van der Waals surface area contributed by atoms with Crippen molar-refractivity contribution in [3.05, 3.63) is 23.8 Å². The van der Waals surface area contributed by atoms with E-state index in [1.807, 2.05) is 0 Å². The van der Waals surface area contributed by atoms with Gasteiger partial charge in [0, 0.05) is 0 Å². The van der Waals surface area contributed by atoms with Crippen LogP contribution in [-0.4, -0.2) is 34.3 Å². The molecule has 0 spiro atoms. The van der Waals surface area contributed by atoms with E-state index in [2.05, 4.69) is 9.46 Å². The minimum Gasteiger partial charge on any atom is -0.465 e. The third-order valence-electron chi connectivity index (χ3n) is 2.46. The monoisotopic (exact) mass is 270 g/mol. The number of aldehydes is 1. The molecule has 18 heavy (non-hydrogen) atoms. The van der Waals surface area contributed by atoms with Crippen LogP contribution < -0.4 is 9.03 Å². The van der Waals surface area contributed by atoms with Crippen molar-refractivity contribution in [3.8, 4) is 0 Å². The van der Waals surface area contributed by atoms with Gasteiger partial charge in [0.1, 0.15) is 6.29 Å². The van der Waals surface area contributed by atoms with Gasteiger partial charge in [0.25, 0.3) is 0 Å². The Kier molecular flexibility index (Phi) is 2.95. The molecule has 0 radical (unpaired) electrons. The predicted octanol–water partition coefficient (Wildman–Crippen LogP) is 0.149. The van der Waals surface area contributed by atoms with Crippen molar-refractivity contribution in [3.63, 3.8) is 0 Å². The van der Waals surface area contributed by atoms with Gasteiger partial charge in [0.2, 0.25) is 0 Å². The van der Waals surface area contributed by atoms with E-state index in [1.165, 1.54) is 25.3 Å². The van der Waals surface area contributed by atoms with Crippen LogP contribution in [0.1, 0.15) is 10.4 Å². The van der Waals surface area contributed by atoms with Gasteiger partial charge in [-0.3, -0.25) is 4.72 Å². The summed E-state index contributed by atoms with van der Waals surface area (Å²) in [5.41, 5.74) is 0.474. The molecule has 0 fully saturated rings. The molecule has 0 amide bonds. The van der Waals surface area contributed by atoms with Crippen molar-refractivity contribution in [1.82, 2.24) is 0 Å². The van der Waals surface area contributed by atoms with Crippen LogP contribution in [0.4, 0.5) is 11.4 Å². The number of para-hydroxylation sites is 1. The Morgan fingerprint density at radius 2 is 2.22 bits per heavy atom. The van der Waals surface area contributed by atoms with Crippen molar-refractivity contribution < 1.29 is 22.7 Å². The van der Waals surface area contributed by atoms with Crippen LogP contribution in [-0.2, 0) is 19.7 Å². The highest BCUT2D eigenvalue weighted by Crippen LogP contribution is 2.38. The number of carbonyl (C=O) groups excluding carboxylic acids is 2. The Labute approximate surface area is 104 Å². The zero-order valence-corrected chi connectivity index (χ0v) is 10.2. The summed E-state index contributed by atoms with van der Waals surface area (Å²) in [5.74, 6) is -0.665. The number of hydrogen-bond acceptors (Lipinski definition) is 5. The predicted molar refractivity (Wildman–Crippen MR) is 63.7 cm³/mol. The Balaban J connectivity index is 2.63. The summed E-state index contributed by atoms with van der Waals surface area (Å²) in [5, 5.41) is 0. The van der Waals surface area contributed by atoms with E-state index in [1.54, 1.807) is 0 Å². The smallest absolute Gasteiger partial charge is 0.340 e. The summed E-state index contributed by atoms with van der Waals surface area (Å²) in [6.07, 6.45) is 0.447. The number of nitrogens with one attached hydrogen (secondary N) is 1. The molecule has 7 nitrogen and oxygen atoms in total. The van der Waals surface area contributed by atoms with Crippen LogP contribution in [0.15, 0.2) is 18.2 Å². The molecule has 1 aromatic rings. The normalized spacial score (nSPS) is 15.7. The number of esters is 1. The topological polar surface area (TPSA) is 92.8 Å². The Morgan fingerprint density at radius 1 is 1.50 bits per heavy atom. The summed E-state index contributed by atoms with van der Waals surface area (Å²) in [4.78, 5) is 22.1. The number of benzene rings is 1. The molecule has 0 atom stereocenters. The first-order valence-corrected chi connectivity index (χ1v) is 6.40. The van der Waals surface area contributed by atoms with Gasteiger partial charge in [0.05, 0.1) is 30.6 Å². The summed E-state index contributed by atoms with van der Waals surface area (Å²) < 4.78 is 31.2. The van der Waals surface area contributed by atoms with Gasteiger partial charge in [-0.2, -0.15) is 8.42 Å². The summed E-state index contributed by atoms with van der Waals surface area (Å²) in [6, 6.07) is 4.47. The number of ether oxygens (including phenoxy) is 1. The maximum Gasteiger partial charge on any atom is 0.340 e. The summed E-state index contributed by atoms with van der Waals surface area (Å²) in [6.45, 7) is -0.365. The van der Waals surface area contributed by atoms with Crippen LogP contribution in [0.3, 0.4) is 0 Å². The van der Waals surface area contributed by atoms with Crippen LogP contribution in [0.2, 0.25) is 0 Å². The standard InChI is InChI=1S/C10H10N2O5S/c1-17-10(14)7-3-2-4-8-9(7)12(5-6-13)18(15,16)11-8/h2-4,6,11H,5H2,1H3. The van der Waals surface area contributed by atoms with Gasteiger partial charge in [-0.05, 0) is 12.1 Å². The number of nitrogens with zero attached hydrogens (tertiary/aromatic N) is 1. The quantitative estimate of drug-likeness (QED) is 0.623. The van der Waals surface area contributed by atoms with Crippen molar-refractivity contribution in [2.75, 3.05) is 22.7 Å². The van der Waals surface area contributed by atoms with Crippen LogP contribution in [0.5, 0.6) is 0 Å². The summed E-state index contributed by atoms with van der Waals surface area (Å²) in [7, 11) is -2.63. The molecule has 8 heteroatoms. The Morgan fingerprint density at radius 3 is 2.83 bits per heavy atom. The van der Waals surface area contributed by atoms with Crippen LogP contribution in [0, 0.1) is 0 Å². The second-order valence-corrected chi connectivity index (χ2v) is 5.09. The lowest BCUT2D eigenvalue weighted by Gasteiger charge is -2.15. The van der Waals surface area contributed by atoms with Gasteiger partial charge >= 0.3 is 16.2 Å². The largest absolute Gasteiger partial charge is 0.465 e. The fraction of sp³-hybridized carbons (Fsp3) is 0.200.